The maximum Gasteiger partial charge on any atom is 0.0757 e. The van der Waals surface area contributed by atoms with Gasteiger partial charge in [0, 0.05) is 25.3 Å². The summed E-state index contributed by atoms with van der Waals surface area (Å²) in [4.78, 5) is 0. The molecule has 1 N–H and O–H groups in total. The standard InChI is InChI=1S/C15H27NO2/c1-10(2)14-9-12(5-7-17-14)16-13-6-8-18-15(13)11-3-4-11/h10-16H,3-9H2,1-2H3. The normalized spacial score (nSPS) is 41.5. The van der Waals surface area contributed by atoms with Gasteiger partial charge in [-0.2, -0.15) is 0 Å². The van der Waals surface area contributed by atoms with E-state index < -0.39 is 0 Å². The molecule has 0 spiro atoms. The molecule has 4 unspecified atom stereocenters. The van der Waals surface area contributed by atoms with E-state index in [1.807, 2.05) is 0 Å². The number of nitrogens with one attached hydrogen (secondary N) is 1. The van der Waals surface area contributed by atoms with Crippen molar-refractivity contribution in [3.8, 4) is 0 Å². The lowest BCUT2D eigenvalue weighted by molar-refractivity contribution is -0.0280. The first-order valence-corrected chi connectivity index (χ1v) is 7.73. The minimum Gasteiger partial charge on any atom is -0.378 e. The molecule has 1 saturated carbocycles. The highest BCUT2D eigenvalue weighted by atomic mass is 16.5. The zero-order valence-electron chi connectivity index (χ0n) is 11.7. The summed E-state index contributed by atoms with van der Waals surface area (Å²) < 4.78 is 11.8. The number of hydrogen-bond acceptors (Lipinski definition) is 3. The number of ether oxygens (including phenoxy) is 2. The zero-order valence-corrected chi connectivity index (χ0v) is 11.7. The largest absolute Gasteiger partial charge is 0.378 e. The molecule has 0 aromatic heterocycles. The highest BCUT2D eigenvalue weighted by Gasteiger charge is 2.41. The molecule has 4 atom stereocenters. The summed E-state index contributed by atoms with van der Waals surface area (Å²) in [6.45, 7) is 6.40. The predicted octanol–water partition coefficient (Wildman–Crippen LogP) is 2.35. The summed E-state index contributed by atoms with van der Waals surface area (Å²) >= 11 is 0. The molecule has 3 aliphatic rings. The molecule has 0 amide bonds. The Morgan fingerprint density at radius 1 is 1.00 bits per heavy atom. The van der Waals surface area contributed by atoms with E-state index in [9.17, 15) is 0 Å². The summed E-state index contributed by atoms with van der Waals surface area (Å²) in [5.74, 6) is 1.49. The van der Waals surface area contributed by atoms with Crippen LogP contribution in [-0.2, 0) is 9.47 Å². The summed E-state index contributed by atoms with van der Waals surface area (Å²) in [5.41, 5.74) is 0. The first kappa shape index (κ1) is 12.9. The quantitative estimate of drug-likeness (QED) is 0.834. The third-order valence-electron chi connectivity index (χ3n) is 4.73. The second-order valence-corrected chi connectivity index (χ2v) is 6.61. The molecule has 0 aromatic carbocycles. The fourth-order valence-corrected chi connectivity index (χ4v) is 3.43. The van der Waals surface area contributed by atoms with Crippen LogP contribution in [0.2, 0.25) is 0 Å². The fourth-order valence-electron chi connectivity index (χ4n) is 3.43. The minimum absolute atomic E-state index is 0.443. The molecule has 3 fully saturated rings. The van der Waals surface area contributed by atoms with Crippen LogP contribution < -0.4 is 5.32 Å². The molecule has 1 aliphatic carbocycles. The van der Waals surface area contributed by atoms with Crippen molar-refractivity contribution in [2.24, 2.45) is 11.8 Å². The molecule has 18 heavy (non-hydrogen) atoms. The van der Waals surface area contributed by atoms with Crippen LogP contribution in [0.1, 0.15) is 46.0 Å². The summed E-state index contributed by atoms with van der Waals surface area (Å²) in [6.07, 6.45) is 7.24. The van der Waals surface area contributed by atoms with E-state index in [0.717, 1.165) is 25.6 Å². The molecule has 2 saturated heterocycles. The van der Waals surface area contributed by atoms with Crippen LogP contribution in [0, 0.1) is 11.8 Å². The van der Waals surface area contributed by atoms with Gasteiger partial charge in [0.05, 0.1) is 12.2 Å². The molecule has 3 heteroatoms. The van der Waals surface area contributed by atoms with Crippen molar-refractivity contribution in [1.29, 1.82) is 0 Å². The number of hydrogen-bond donors (Lipinski definition) is 1. The van der Waals surface area contributed by atoms with Gasteiger partial charge in [0.2, 0.25) is 0 Å². The topological polar surface area (TPSA) is 30.5 Å². The van der Waals surface area contributed by atoms with Gasteiger partial charge < -0.3 is 14.8 Å². The highest BCUT2D eigenvalue weighted by molar-refractivity contribution is 4.95. The van der Waals surface area contributed by atoms with Gasteiger partial charge in [0.25, 0.3) is 0 Å². The first-order chi connectivity index (χ1) is 8.74. The molecule has 0 aromatic rings. The van der Waals surface area contributed by atoms with Gasteiger partial charge in [-0.15, -0.1) is 0 Å². The van der Waals surface area contributed by atoms with E-state index in [-0.39, 0.29) is 0 Å². The lowest BCUT2D eigenvalue weighted by Gasteiger charge is -2.35. The van der Waals surface area contributed by atoms with Gasteiger partial charge in [0.1, 0.15) is 0 Å². The van der Waals surface area contributed by atoms with E-state index in [4.69, 9.17) is 9.47 Å². The Kier molecular flexibility index (Phi) is 3.92. The Morgan fingerprint density at radius 2 is 1.78 bits per heavy atom. The Bertz CT molecular complexity index is 278. The number of rotatable bonds is 4. The van der Waals surface area contributed by atoms with E-state index in [0.29, 0.717) is 30.2 Å². The fraction of sp³-hybridized carbons (Fsp3) is 1.00. The van der Waals surface area contributed by atoms with Gasteiger partial charge in [-0.3, -0.25) is 0 Å². The van der Waals surface area contributed by atoms with Crippen LogP contribution in [0.3, 0.4) is 0 Å². The Labute approximate surface area is 111 Å². The third kappa shape index (κ3) is 2.89. The van der Waals surface area contributed by atoms with Crippen molar-refractivity contribution >= 4 is 0 Å². The zero-order chi connectivity index (χ0) is 12.5. The van der Waals surface area contributed by atoms with Crippen LogP contribution in [0.25, 0.3) is 0 Å². The average molecular weight is 253 g/mol. The third-order valence-corrected chi connectivity index (χ3v) is 4.73. The van der Waals surface area contributed by atoms with Crippen molar-refractivity contribution in [2.75, 3.05) is 13.2 Å². The van der Waals surface area contributed by atoms with Crippen molar-refractivity contribution in [3.05, 3.63) is 0 Å². The Balaban J connectivity index is 1.52. The molecule has 3 nitrogen and oxygen atoms in total. The van der Waals surface area contributed by atoms with Crippen LogP contribution >= 0.6 is 0 Å². The maximum atomic E-state index is 5.91. The molecule has 2 heterocycles. The van der Waals surface area contributed by atoms with Crippen LogP contribution in [-0.4, -0.2) is 37.5 Å². The van der Waals surface area contributed by atoms with E-state index in [2.05, 4.69) is 19.2 Å². The molecule has 0 bridgehead atoms. The highest BCUT2D eigenvalue weighted by Crippen LogP contribution is 2.39. The summed E-state index contributed by atoms with van der Waals surface area (Å²) in [6, 6.07) is 1.24. The van der Waals surface area contributed by atoms with Crippen LogP contribution in [0.5, 0.6) is 0 Å². The van der Waals surface area contributed by atoms with Crippen LogP contribution in [0.4, 0.5) is 0 Å². The Hall–Kier alpha value is -0.120. The van der Waals surface area contributed by atoms with Gasteiger partial charge in [0.15, 0.2) is 0 Å². The van der Waals surface area contributed by atoms with Gasteiger partial charge in [-0.25, -0.2) is 0 Å². The Morgan fingerprint density at radius 3 is 2.50 bits per heavy atom. The van der Waals surface area contributed by atoms with E-state index >= 15 is 0 Å². The van der Waals surface area contributed by atoms with Crippen molar-refractivity contribution in [2.45, 2.75) is 70.2 Å². The smallest absolute Gasteiger partial charge is 0.0757 e. The van der Waals surface area contributed by atoms with Gasteiger partial charge in [-0.05, 0) is 43.9 Å². The summed E-state index contributed by atoms with van der Waals surface area (Å²) in [5, 5.41) is 3.87. The van der Waals surface area contributed by atoms with Crippen molar-refractivity contribution in [1.82, 2.24) is 5.32 Å². The molecule has 2 aliphatic heterocycles. The molecule has 3 rings (SSSR count). The van der Waals surface area contributed by atoms with E-state index in [1.165, 1.54) is 25.7 Å². The van der Waals surface area contributed by atoms with Gasteiger partial charge >= 0.3 is 0 Å². The predicted molar refractivity (Wildman–Crippen MR) is 71.6 cm³/mol. The molecular weight excluding hydrogens is 226 g/mol. The van der Waals surface area contributed by atoms with Gasteiger partial charge in [-0.1, -0.05) is 13.8 Å². The van der Waals surface area contributed by atoms with Crippen molar-refractivity contribution < 1.29 is 9.47 Å². The lowest BCUT2D eigenvalue weighted by atomic mass is 9.94. The second-order valence-electron chi connectivity index (χ2n) is 6.61. The monoisotopic (exact) mass is 253 g/mol. The first-order valence-electron chi connectivity index (χ1n) is 7.73. The summed E-state index contributed by atoms with van der Waals surface area (Å²) in [7, 11) is 0. The van der Waals surface area contributed by atoms with E-state index in [1.54, 1.807) is 0 Å². The van der Waals surface area contributed by atoms with Crippen LogP contribution in [0.15, 0.2) is 0 Å². The second kappa shape index (κ2) is 5.48. The average Bonchev–Trinajstić information content (AvgIpc) is 3.11. The maximum absolute atomic E-state index is 5.91. The molecule has 104 valence electrons. The van der Waals surface area contributed by atoms with Crippen molar-refractivity contribution in [3.63, 3.8) is 0 Å². The SMILES string of the molecule is CC(C)C1CC(NC2CCOC2C2CC2)CCO1. The molecule has 0 radical (unpaired) electrons. The minimum atomic E-state index is 0.443. The molecular formula is C15H27NO2. The lowest BCUT2D eigenvalue weighted by Crippen LogP contribution is -2.48.